The molecule has 3 rings (SSSR count). The zero-order valence-corrected chi connectivity index (χ0v) is 10.3. The lowest BCUT2D eigenvalue weighted by atomic mass is 9.97. The van der Waals surface area contributed by atoms with Crippen molar-refractivity contribution in [2.24, 2.45) is 0 Å². The fraction of sp³-hybridized carbons (Fsp3) is 0.571. The molecule has 0 amide bonds. The molecule has 0 radical (unpaired) electrons. The van der Waals surface area contributed by atoms with Gasteiger partial charge in [0, 0.05) is 18.2 Å². The lowest BCUT2D eigenvalue weighted by Gasteiger charge is -2.39. The van der Waals surface area contributed by atoms with Crippen LogP contribution in [0.3, 0.4) is 0 Å². The first-order valence-corrected chi connectivity index (χ1v) is 6.47. The zero-order chi connectivity index (χ0) is 11.7. The van der Waals surface area contributed by atoms with Gasteiger partial charge in [0.2, 0.25) is 0 Å². The summed E-state index contributed by atoms with van der Waals surface area (Å²) < 4.78 is 11.8. The number of ether oxygens (including phenoxy) is 2. The topological polar surface area (TPSA) is 21.7 Å². The van der Waals surface area contributed by atoms with Crippen LogP contribution < -0.4 is 4.74 Å². The molecule has 2 unspecified atom stereocenters. The van der Waals surface area contributed by atoms with E-state index in [2.05, 4.69) is 24.0 Å². The minimum atomic E-state index is 0.183. The number of hydrogen-bond donors (Lipinski definition) is 0. The second-order valence-corrected chi connectivity index (χ2v) is 4.66. The number of para-hydroxylation sites is 1. The highest BCUT2D eigenvalue weighted by Crippen LogP contribution is 2.37. The van der Waals surface area contributed by atoms with Crippen molar-refractivity contribution >= 4 is 0 Å². The summed E-state index contributed by atoms with van der Waals surface area (Å²) in [6.45, 7) is 5.97. The van der Waals surface area contributed by atoms with E-state index in [1.54, 1.807) is 0 Å². The largest absolute Gasteiger partial charge is 0.493 e. The van der Waals surface area contributed by atoms with Gasteiger partial charge < -0.3 is 9.47 Å². The molecule has 0 aromatic heterocycles. The standard InChI is InChI=1S/C14H19NO2/c1-2-15-8-10-17-14-11-5-3-4-6-13(11)16-9-7-12(14)15/h3-6,12,14H,2,7-10H2,1H3. The monoisotopic (exact) mass is 233 g/mol. The van der Waals surface area contributed by atoms with Gasteiger partial charge >= 0.3 is 0 Å². The van der Waals surface area contributed by atoms with E-state index < -0.39 is 0 Å². The highest BCUT2D eigenvalue weighted by Gasteiger charge is 2.35. The van der Waals surface area contributed by atoms with Crippen LogP contribution in [0.15, 0.2) is 24.3 Å². The van der Waals surface area contributed by atoms with Gasteiger partial charge in [0.1, 0.15) is 11.9 Å². The number of benzene rings is 1. The van der Waals surface area contributed by atoms with Crippen LogP contribution in [-0.2, 0) is 4.74 Å². The Hall–Kier alpha value is -1.06. The molecular formula is C14H19NO2. The summed E-state index contributed by atoms with van der Waals surface area (Å²) >= 11 is 0. The molecule has 3 nitrogen and oxygen atoms in total. The Morgan fingerprint density at radius 3 is 3.06 bits per heavy atom. The molecule has 2 aliphatic heterocycles. The first-order chi connectivity index (χ1) is 8.40. The molecule has 2 heterocycles. The summed E-state index contributed by atoms with van der Waals surface area (Å²) in [6.07, 6.45) is 1.23. The molecule has 17 heavy (non-hydrogen) atoms. The van der Waals surface area contributed by atoms with Crippen LogP contribution in [0.2, 0.25) is 0 Å². The predicted molar refractivity (Wildman–Crippen MR) is 66.3 cm³/mol. The Labute approximate surface area is 102 Å². The average molecular weight is 233 g/mol. The molecule has 2 aliphatic rings. The maximum Gasteiger partial charge on any atom is 0.125 e. The van der Waals surface area contributed by atoms with E-state index in [-0.39, 0.29) is 6.10 Å². The molecule has 1 aromatic carbocycles. The van der Waals surface area contributed by atoms with Crippen molar-refractivity contribution in [2.75, 3.05) is 26.3 Å². The Balaban J connectivity index is 1.97. The van der Waals surface area contributed by atoms with E-state index >= 15 is 0 Å². The lowest BCUT2D eigenvalue weighted by molar-refractivity contribution is -0.0724. The quantitative estimate of drug-likeness (QED) is 0.742. The van der Waals surface area contributed by atoms with Gasteiger partial charge in [-0.2, -0.15) is 0 Å². The van der Waals surface area contributed by atoms with Crippen molar-refractivity contribution in [1.29, 1.82) is 0 Å². The van der Waals surface area contributed by atoms with Crippen LogP contribution in [0.4, 0.5) is 0 Å². The molecule has 0 aliphatic carbocycles. The molecule has 1 aromatic rings. The summed E-state index contributed by atoms with van der Waals surface area (Å²) in [4.78, 5) is 2.51. The second-order valence-electron chi connectivity index (χ2n) is 4.66. The fourth-order valence-electron chi connectivity index (χ4n) is 2.93. The van der Waals surface area contributed by atoms with Crippen molar-refractivity contribution < 1.29 is 9.47 Å². The Bertz CT molecular complexity index is 394. The summed E-state index contributed by atoms with van der Waals surface area (Å²) in [7, 11) is 0. The van der Waals surface area contributed by atoms with Gasteiger partial charge in [-0.15, -0.1) is 0 Å². The molecule has 92 valence electrons. The van der Waals surface area contributed by atoms with E-state index in [1.807, 2.05) is 12.1 Å². The van der Waals surface area contributed by atoms with Crippen molar-refractivity contribution in [3.63, 3.8) is 0 Å². The highest BCUT2D eigenvalue weighted by molar-refractivity contribution is 5.37. The molecule has 0 bridgehead atoms. The third-order valence-electron chi connectivity index (χ3n) is 3.80. The van der Waals surface area contributed by atoms with Crippen LogP contribution in [-0.4, -0.2) is 37.2 Å². The van der Waals surface area contributed by atoms with Gasteiger partial charge in [-0.05, 0) is 19.0 Å². The third kappa shape index (κ3) is 1.94. The average Bonchev–Trinajstić information content (AvgIpc) is 2.58. The van der Waals surface area contributed by atoms with Crippen LogP contribution in [0, 0.1) is 0 Å². The minimum absolute atomic E-state index is 0.183. The van der Waals surface area contributed by atoms with Gasteiger partial charge in [0.05, 0.1) is 13.2 Å². The molecule has 3 heteroatoms. The summed E-state index contributed by atoms with van der Waals surface area (Å²) in [5.41, 5.74) is 1.22. The number of rotatable bonds is 1. The zero-order valence-electron chi connectivity index (χ0n) is 10.3. The van der Waals surface area contributed by atoms with Gasteiger partial charge in [-0.3, -0.25) is 4.90 Å². The van der Waals surface area contributed by atoms with Crippen LogP contribution in [0.5, 0.6) is 5.75 Å². The Kier molecular flexibility index (Phi) is 3.04. The Morgan fingerprint density at radius 1 is 1.29 bits per heavy atom. The molecule has 0 N–H and O–H groups in total. The molecule has 0 saturated carbocycles. The number of hydrogen-bond acceptors (Lipinski definition) is 3. The molecule has 0 spiro atoms. The Morgan fingerprint density at radius 2 is 2.18 bits per heavy atom. The van der Waals surface area contributed by atoms with Crippen molar-refractivity contribution in [3.05, 3.63) is 29.8 Å². The van der Waals surface area contributed by atoms with E-state index in [9.17, 15) is 0 Å². The van der Waals surface area contributed by atoms with E-state index in [4.69, 9.17) is 9.47 Å². The number of likely N-dealkylation sites (N-methyl/N-ethyl adjacent to an activating group) is 1. The van der Waals surface area contributed by atoms with Crippen molar-refractivity contribution in [2.45, 2.75) is 25.5 Å². The van der Waals surface area contributed by atoms with E-state index in [1.165, 1.54) is 5.56 Å². The first-order valence-electron chi connectivity index (χ1n) is 6.47. The predicted octanol–water partition coefficient (Wildman–Crippen LogP) is 2.23. The number of fused-ring (bicyclic) bond motifs is 3. The van der Waals surface area contributed by atoms with Gasteiger partial charge in [0.25, 0.3) is 0 Å². The molecule has 1 saturated heterocycles. The molecular weight excluding hydrogens is 214 g/mol. The summed E-state index contributed by atoms with van der Waals surface area (Å²) in [5.74, 6) is 0.998. The molecule has 1 fully saturated rings. The molecule has 2 atom stereocenters. The van der Waals surface area contributed by atoms with Crippen LogP contribution in [0.1, 0.15) is 25.0 Å². The lowest BCUT2D eigenvalue weighted by Crippen LogP contribution is -2.46. The smallest absolute Gasteiger partial charge is 0.125 e. The van der Waals surface area contributed by atoms with Gasteiger partial charge in [-0.1, -0.05) is 25.1 Å². The van der Waals surface area contributed by atoms with Gasteiger partial charge in [0.15, 0.2) is 0 Å². The maximum atomic E-state index is 6.00. The fourth-order valence-corrected chi connectivity index (χ4v) is 2.93. The van der Waals surface area contributed by atoms with Crippen LogP contribution >= 0.6 is 0 Å². The summed E-state index contributed by atoms with van der Waals surface area (Å²) in [6, 6.07) is 8.75. The SMILES string of the molecule is CCN1CCOC2c3ccccc3OCCC21. The summed E-state index contributed by atoms with van der Waals surface area (Å²) in [5, 5.41) is 0. The van der Waals surface area contributed by atoms with Crippen molar-refractivity contribution in [3.8, 4) is 5.75 Å². The normalized spacial score (nSPS) is 28.8. The van der Waals surface area contributed by atoms with E-state index in [0.29, 0.717) is 6.04 Å². The maximum absolute atomic E-state index is 6.00. The number of morpholine rings is 1. The van der Waals surface area contributed by atoms with E-state index in [0.717, 1.165) is 38.5 Å². The minimum Gasteiger partial charge on any atom is -0.493 e. The first kappa shape index (κ1) is 11.1. The van der Waals surface area contributed by atoms with Crippen LogP contribution in [0.25, 0.3) is 0 Å². The number of nitrogens with zero attached hydrogens (tertiary/aromatic N) is 1. The second kappa shape index (κ2) is 4.67. The van der Waals surface area contributed by atoms with Gasteiger partial charge in [-0.25, -0.2) is 0 Å². The highest BCUT2D eigenvalue weighted by atomic mass is 16.5. The third-order valence-corrected chi connectivity index (χ3v) is 3.80. The van der Waals surface area contributed by atoms with Crippen molar-refractivity contribution in [1.82, 2.24) is 4.90 Å².